The highest BCUT2D eigenvalue weighted by Gasteiger charge is 2.12. The average Bonchev–Trinajstić information content (AvgIpc) is 1.85. The van der Waals surface area contributed by atoms with Crippen LogP contribution in [0.1, 0.15) is 20.3 Å². The Kier molecular flexibility index (Phi) is 2.50. The molecule has 0 amide bonds. The van der Waals surface area contributed by atoms with Crippen LogP contribution in [0.4, 0.5) is 0 Å². The minimum atomic E-state index is 1.11. The first-order valence-corrected chi connectivity index (χ1v) is 4.14. The van der Waals surface area contributed by atoms with Crippen molar-refractivity contribution in [2.45, 2.75) is 20.3 Å². The summed E-state index contributed by atoms with van der Waals surface area (Å²) in [6.07, 6.45) is 1.18. The van der Waals surface area contributed by atoms with E-state index in [9.17, 15) is 0 Å². The van der Waals surface area contributed by atoms with Crippen LogP contribution in [-0.4, -0.2) is 25.0 Å². The minimum Gasteiger partial charge on any atom is -0.302 e. The molecule has 0 unspecified atom stereocenters. The third kappa shape index (κ3) is 1.93. The number of hydrogen-bond acceptors (Lipinski definition) is 1. The lowest BCUT2D eigenvalue weighted by atomic mass is 9.96. The van der Waals surface area contributed by atoms with Gasteiger partial charge in [-0.05, 0) is 32.9 Å². The molecule has 0 saturated carbocycles. The maximum atomic E-state index is 3.98. The second-order valence-electron chi connectivity index (χ2n) is 3.53. The average molecular weight is 151 g/mol. The molecule has 0 fully saturated rings. The quantitative estimate of drug-likeness (QED) is 0.555. The standard InChI is InChI=1S/C10H17N/c1-8(2)10-5-6-11(4)7-9(10)3/h1,5-7H2,2-4H3. The predicted octanol–water partition coefficient (Wildman–Crippen LogP) is 2.21. The van der Waals surface area contributed by atoms with E-state index in [1.165, 1.54) is 29.7 Å². The molecule has 1 aliphatic rings. The van der Waals surface area contributed by atoms with E-state index < -0.39 is 0 Å². The Morgan fingerprint density at radius 1 is 1.55 bits per heavy atom. The van der Waals surface area contributed by atoms with E-state index in [1.807, 2.05) is 0 Å². The highest BCUT2D eigenvalue weighted by molar-refractivity contribution is 5.33. The molecule has 0 spiro atoms. The van der Waals surface area contributed by atoms with Crippen LogP contribution in [0, 0.1) is 0 Å². The summed E-state index contributed by atoms with van der Waals surface area (Å²) < 4.78 is 0. The Bertz CT molecular complexity index is 201. The highest BCUT2D eigenvalue weighted by atomic mass is 15.1. The van der Waals surface area contributed by atoms with Gasteiger partial charge in [-0.15, -0.1) is 0 Å². The van der Waals surface area contributed by atoms with E-state index in [0.29, 0.717) is 0 Å². The first kappa shape index (κ1) is 8.54. The first-order valence-electron chi connectivity index (χ1n) is 4.14. The van der Waals surface area contributed by atoms with Gasteiger partial charge >= 0.3 is 0 Å². The van der Waals surface area contributed by atoms with E-state index in [1.54, 1.807) is 0 Å². The first-order chi connectivity index (χ1) is 5.11. The lowest BCUT2D eigenvalue weighted by Crippen LogP contribution is -2.27. The van der Waals surface area contributed by atoms with Crippen molar-refractivity contribution in [2.75, 3.05) is 20.1 Å². The lowest BCUT2D eigenvalue weighted by molar-refractivity contribution is 0.349. The maximum Gasteiger partial charge on any atom is 0.0193 e. The van der Waals surface area contributed by atoms with Crippen LogP contribution in [0.15, 0.2) is 23.3 Å². The van der Waals surface area contributed by atoms with Gasteiger partial charge < -0.3 is 4.90 Å². The zero-order valence-corrected chi connectivity index (χ0v) is 7.78. The Morgan fingerprint density at radius 3 is 2.64 bits per heavy atom. The summed E-state index contributed by atoms with van der Waals surface area (Å²) in [5.74, 6) is 0. The molecule has 0 atom stereocenters. The van der Waals surface area contributed by atoms with E-state index >= 15 is 0 Å². The molecule has 0 aliphatic carbocycles. The molecule has 62 valence electrons. The summed E-state index contributed by atoms with van der Waals surface area (Å²) in [5.41, 5.74) is 4.23. The highest BCUT2D eigenvalue weighted by Crippen LogP contribution is 2.21. The van der Waals surface area contributed by atoms with Crippen molar-refractivity contribution < 1.29 is 0 Å². The molecule has 1 nitrogen and oxygen atoms in total. The van der Waals surface area contributed by atoms with Gasteiger partial charge in [-0.25, -0.2) is 0 Å². The predicted molar refractivity (Wildman–Crippen MR) is 49.6 cm³/mol. The second-order valence-corrected chi connectivity index (χ2v) is 3.53. The van der Waals surface area contributed by atoms with Crippen LogP contribution >= 0.6 is 0 Å². The summed E-state index contributed by atoms with van der Waals surface area (Å²) in [7, 11) is 2.17. The summed E-state index contributed by atoms with van der Waals surface area (Å²) in [6.45, 7) is 10.6. The summed E-state index contributed by atoms with van der Waals surface area (Å²) in [6, 6.07) is 0. The monoisotopic (exact) mass is 151 g/mol. The molecule has 1 heterocycles. The molecule has 0 aromatic heterocycles. The van der Waals surface area contributed by atoms with Gasteiger partial charge in [0.05, 0.1) is 0 Å². The molecule has 1 aliphatic heterocycles. The van der Waals surface area contributed by atoms with Gasteiger partial charge in [0.1, 0.15) is 0 Å². The normalized spacial score (nSPS) is 20.6. The van der Waals surface area contributed by atoms with Crippen molar-refractivity contribution in [3.05, 3.63) is 23.3 Å². The van der Waals surface area contributed by atoms with Gasteiger partial charge in [-0.2, -0.15) is 0 Å². The molecule has 0 bridgehead atoms. The van der Waals surface area contributed by atoms with Crippen LogP contribution in [-0.2, 0) is 0 Å². The van der Waals surface area contributed by atoms with Crippen molar-refractivity contribution in [1.82, 2.24) is 4.90 Å². The zero-order valence-electron chi connectivity index (χ0n) is 7.78. The fourth-order valence-corrected chi connectivity index (χ4v) is 1.67. The molecule has 0 radical (unpaired) electrons. The third-order valence-electron chi connectivity index (χ3n) is 2.28. The molecule has 0 aromatic rings. The van der Waals surface area contributed by atoms with Gasteiger partial charge in [0.25, 0.3) is 0 Å². The number of likely N-dealkylation sites (N-methyl/N-ethyl adjacent to an activating group) is 1. The molecular weight excluding hydrogens is 134 g/mol. The molecule has 0 aromatic carbocycles. The fraction of sp³-hybridized carbons (Fsp3) is 0.600. The Labute approximate surface area is 69.4 Å². The Balaban J connectivity index is 2.78. The molecular formula is C10H17N. The van der Waals surface area contributed by atoms with Gasteiger partial charge in [0.15, 0.2) is 0 Å². The van der Waals surface area contributed by atoms with Gasteiger partial charge in [0.2, 0.25) is 0 Å². The molecule has 1 heteroatoms. The summed E-state index contributed by atoms with van der Waals surface area (Å²) in [4.78, 5) is 2.35. The van der Waals surface area contributed by atoms with E-state index in [2.05, 4.69) is 32.4 Å². The van der Waals surface area contributed by atoms with Crippen molar-refractivity contribution in [3.63, 3.8) is 0 Å². The topological polar surface area (TPSA) is 3.24 Å². The molecule has 1 rings (SSSR count). The van der Waals surface area contributed by atoms with E-state index in [-0.39, 0.29) is 0 Å². The van der Waals surface area contributed by atoms with Crippen molar-refractivity contribution in [3.8, 4) is 0 Å². The molecule has 0 saturated heterocycles. The van der Waals surface area contributed by atoms with Gasteiger partial charge in [0, 0.05) is 13.1 Å². The Morgan fingerprint density at radius 2 is 2.18 bits per heavy atom. The summed E-state index contributed by atoms with van der Waals surface area (Å²) in [5, 5.41) is 0. The molecule has 0 N–H and O–H groups in total. The van der Waals surface area contributed by atoms with E-state index in [0.717, 1.165) is 6.54 Å². The van der Waals surface area contributed by atoms with Crippen LogP contribution in [0.5, 0.6) is 0 Å². The molecule has 11 heavy (non-hydrogen) atoms. The maximum absolute atomic E-state index is 3.98. The minimum absolute atomic E-state index is 1.11. The van der Waals surface area contributed by atoms with Crippen molar-refractivity contribution in [1.29, 1.82) is 0 Å². The largest absolute Gasteiger partial charge is 0.302 e. The van der Waals surface area contributed by atoms with E-state index in [4.69, 9.17) is 0 Å². The second kappa shape index (κ2) is 3.22. The summed E-state index contributed by atoms with van der Waals surface area (Å²) >= 11 is 0. The smallest absolute Gasteiger partial charge is 0.0193 e. The number of hydrogen-bond donors (Lipinski definition) is 0. The van der Waals surface area contributed by atoms with Crippen LogP contribution in [0.25, 0.3) is 0 Å². The Hall–Kier alpha value is -0.560. The van der Waals surface area contributed by atoms with Gasteiger partial charge in [-0.1, -0.05) is 17.7 Å². The van der Waals surface area contributed by atoms with Crippen molar-refractivity contribution in [2.24, 2.45) is 0 Å². The third-order valence-corrected chi connectivity index (χ3v) is 2.28. The number of rotatable bonds is 1. The van der Waals surface area contributed by atoms with Crippen molar-refractivity contribution >= 4 is 0 Å². The SMILES string of the molecule is C=C(C)C1=C(C)CN(C)CC1. The number of allylic oxidation sites excluding steroid dienone is 1. The van der Waals surface area contributed by atoms with Gasteiger partial charge in [-0.3, -0.25) is 0 Å². The van der Waals surface area contributed by atoms with Crippen LogP contribution in [0.3, 0.4) is 0 Å². The fourth-order valence-electron chi connectivity index (χ4n) is 1.67. The zero-order chi connectivity index (χ0) is 8.43. The number of nitrogens with zero attached hydrogens (tertiary/aromatic N) is 1. The lowest BCUT2D eigenvalue weighted by Gasteiger charge is -2.26. The van der Waals surface area contributed by atoms with Crippen LogP contribution < -0.4 is 0 Å². The van der Waals surface area contributed by atoms with Crippen LogP contribution in [0.2, 0.25) is 0 Å².